The summed E-state index contributed by atoms with van der Waals surface area (Å²) in [6, 6.07) is 14.4. The first-order valence-electron chi connectivity index (χ1n) is 12.8. The molecular weight excluding hydrogens is 470 g/mol. The van der Waals surface area contributed by atoms with Crippen LogP contribution in [-0.2, 0) is 20.8 Å². The first-order chi connectivity index (χ1) is 17.9. The Bertz CT molecular complexity index is 1520. The van der Waals surface area contributed by atoms with Crippen LogP contribution < -0.4 is 10.4 Å². The number of benzene rings is 2. The highest BCUT2D eigenvalue weighted by Gasteiger charge is 2.68. The predicted octanol–water partition coefficient (Wildman–Crippen LogP) is 3.67. The lowest BCUT2D eigenvalue weighted by molar-refractivity contribution is -0.153. The van der Waals surface area contributed by atoms with Crippen molar-refractivity contribution in [3.63, 3.8) is 0 Å². The summed E-state index contributed by atoms with van der Waals surface area (Å²) in [6.07, 6.45) is 5.46. The first kappa shape index (κ1) is 22.2. The van der Waals surface area contributed by atoms with E-state index in [2.05, 4.69) is 12.2 Å². The Hall–Kier alpha value is -4.00. The number of nitrogens with zero attached hydrogens (tertiary/aromatic N) is 1. The van der Waals surface area contributed by atoms with E-state index < -0.39 is 29.5 Å². The van der Waals surface area contributed by atoms with Crippen molar-refractivity contribution in [3.8, 4) is 5.75 Å². The second-order valence-corrected chi connectivity index (χ2v) is 10.7. The Morgan fingerprint density at radius 2 is 1.65 bits per heavy atom. The molecule has 7 atom stereocenters. The molecule has 2 heterocycles. The third-order valence-corrected chi connectivity index (χ3v) is 8.69. The highest BCUT2D eigenvalue weighted by atomic mass is 16.5. The fraction of sp³-hybridized carbons (Fsp3) is 0.333. The number of amides is 2. The molecule has 186 valence electrons. The number of ether oxygens (including phenoxy) is 1. The Balaban J connectivity index is 1.24. The van der Waals surface area contributed by atoms with Crippen LogP contribution in [0.3, 0.4) is 0 Å². The third kappa shape index (κ3) is 3.40. The molecule has 5 aliphatic rings. The van der Waals surface area contributed by atoms with Crippen molar-refractivity contribution in [3.05, 3.63) is 88.3 Å². The van der Waals surface area contributed by atoms with E-state index in [1.54, 1.807) is 12.1 Å². The van der Waals surface area contributed by atoms with Crippen molar-refractivity contribution in [2.45, 2.75) is 25.8 Å². The minimum Gasteiger partial charge on any atom is -0.425 e. The third-order valence-electron chi connectivity index (χ3n) is 8.69. The van der Waals surface area contributed by atoms with Gasteiger partial charge in [-0.2, -0.15) is 0 Å². The molecule has 7 nitrogen and oxygen atoms in total. The molecule has 1 saturated heterocycles. The molecule has 0 spiro atoms. The summed E-state index contributed by atoms with van der Waals surface area (Å²) in [6.45, 7) is 1.83. The van der Waals surface area contributed by atoms with Crippen molar-refractivity contribution in [1.29, 1.82) is 0 Å². The molecule has 2 amide bonds. The molecule has 0 unspecified atom stereocenters. The fourth-order valence-corrected chi connectivity index (χ4v) is 6.97. The number of imide groups is 1. The number of esters is 1. The van der Waals surface area contributed by atoms with Gasteiger partial charge in [0, 0.05) is 23.9 Å². The van der Waals surface area contributed by atoms with E-state index in [-0.39, 0.29) is 35.8 Å². The number of fused-ring (bicyclic) bond motifs is 1. The molecule has 1 aliphatic heterocycles. The Morgan fingerprint density at radius 3 is 2.32 bits per heavy atom. The van der Waals surface area contributed by atoms with Gasteiger partial charge in [0.05, 0.1) is 11.8 Å². The number of aryl methyl sites for hydroxylation is 1. The lowest BCUT2D eigenvalue weighted by Crippen LogP contribution is -2.48. The lowest BCUT2D eigenvalue weighted by atomic mass is 9.63. The predicted molar refractivity (Wildman–Crippen MR) is 133 cm³/mol. The van der Waals surface area contributed by atoms with Crippen molar-refractivity contribution in [2.75, 3.05) is 0 Å². The summed E-state index contributed by atoms with van der Waals surface area (Å²) in [5.41, 5.74) is 1.39. The summed E-state index contributed by atoms with van der Waals surface area (Å²) in [5.74, 6) is -0.721. The molecule has 37 heavy (non-hydrogen) atoms. The molecule has 7 heteroatoms. The van der Waals surface area contributed by atoms with Gasteiger partial charge in [0.15, 0.2) is 0 Å². The number of likely N-dealkylation sites (tertiary alicyclic amines) is 1. The van der Waals surface area contributed by atoms with Gasteiger partial charge in [-0.25, -0.2) is 9.59 Å². The average Bonchev–Trinajstić information content (AvgIpc) is 3.66. The summed E-state index contributed by atoms with van der Waals surface area (Å²) < 4.78 is 11.1. The van der Waals surface area contributed by atoms with Crippen molar-refractivity contribution in [2.24, 2.45) is 35.5 Å². The van der Waals surface area contributed by atoms with Crippen LogP contribution in [0.5, 0.6) is 5.75 Å². The van der Waals surface area contributed by atoms with Gasteiger partial charge in [0.25, 0.3) is 0 Å². The van der Waals surface area contributed by atoms with Gasteiger partial charge in [-0.05, 0) is 60.3 Å². The minimum atomic E-state index is -1.09. The molecule has 4 aliphatic carbocycles. The van der Waals surface area contributed by atoms with Crippen LogP contribution in [0.15, 0.2) is 76.0 Å². The number of rotatable bonds is 5. The number of allylic oxidation sites excluding steroid dienone is 2. The lowest BCUT2D eigenvalue weighted by Gasteiger charge is -2.37. The van der Waals surface area contributed by atoms with Crippen LogP contribution in [-0.4, -0.2) is 28.7 Å². The smallest absolute Gasteiger partial charge is 0.336 e. The Kier molecular flexibility index (Phi) is 4.80. The zero-order chi connectivity index (χ0) is 25.4. The molecule has 2 saturated carbocycles. The zero-order valence-electron chi connectivity index (χ0n) is 20.2. The van der Waals surface area contributed by atoms with Gasteiger partial charge in [-0.1, -0.05) is 42.5 Å². The second kappa shape index (κ2) is 8.00. The molecule has 2 aromatic carbocycles. The SMILES string of the molecule is Cc1cc(OC(=O)[C@H](Cc2ccccc2)N2C(=O)[C@@H]3[C@H]4C=C[C@@H]([C@@H]5C[C@H]45)[C@@H]3C2=O)cc2oc(=O)ccc12. The van der Waals surface area contributed by atoms with Crippen LogP contribution in [0.2, 0.25) is 0 Å². The van der Waals surface area contributed by atoms with Crippen molar-refractivity contribution in [1.82, 2.24) is 4.90 Å². The normalized spacial score (nSPS) is 29.8. The fourth-order valence-electron chi connectivity index (χ4n) is 6.97. The molecule has 0 radical (unpaired) electrons. The minimum absolute atomic E-state index is 0.0703. The van der Waals surface area contributed by atoms with Gasteiger partial charge in [0.2, 0.25) is 11.8 Å². The van der Waals surface area contributed by atoms with Crippen LogP contribution in [0.4, 0.5) is 0 Å². The summed E-state index contributed by atoms with van der Waals surface area (Å²) in [7, 11) is 0. The van der Waals surface area contributed by atoms with Gasteiger partial charge in [-0.15, -0.1) is 0 Å². The van der Waals surface area contributed by atoms with Gasteiger partial charge in [-0.3, -0.25) is 14.5 Å². The monoisotopic (exact) mass is 495 g/mol. The highest BCUT2D eigenvalue weighted by Crippen LogP contribution is 2.65. The number of hydrogen-bond acceptors (Lipinski definition) is 6. The van der Waals surface area contributed by atoms with Crippen LogP contribution in [0, 0.1) is 42.4 Å². The quantitative estimate of drug-likeness (QED) is 0.176. The molecule has 3 fully saturated rings. The summed E-state index contributed by atoms with van der Waals surface area (Å²) in [4.78, 5) is 54.2. The van der Waals surface area contributed by atoms with E-state index in [1.807, 2.05) is 37.3 Å². The maximum atomic E-state index is 13.8. The Morgan fingerprint density at radius 1 is 0.973 bits per heavy atom. The first-order valence-corrected chi connectivity index (χ1v) is 12.8. The zero-order valence-corrected chi connectivity index (χ0v) is 20.2. The van der Waals surface area contributed by atoms with E-state index in [0.717, 1.165) is 22.9 Å². The topological polar surface area (TPSA) is 93.9 Å². The molecule has 1 aromatic heterocycles. The molecular formula is C30H25NO6. The van der Waals surface area contributed by atoms with E-state index in [9.17, 15) is 19.2 Å². The van der Waals surface area contributed by atoms with Crippen molar-refractivity contribution < 1.29 is 23.5 Å². The standard InChI is InChI=1S/C30H25NO6/c1-15-11-17(13-24-18(15)9-10-25(32)37-24)36-30(35)23(12-16-5-3-2-4-6-16)31-28(33)26-19-7-8-20(22-14-21(19)22)27(26)29(31)34/h2-11,13,19-23,26-27H,12,14H2,1H3/t19-,20-,21-,22+,23-,26-,27+/m0/s1. The van der Waals surface area contributed by atoms with Gasteiger partial charge in [0.1, 0.15) is 17.4 Å². The molecule has 8 rings (SSSR count). The molecule has 3 aromatic rings. The maximum Gasteiger partial charge on any atom is 0.336 e. The van der Waals surface area contributed by atoms with Crippen molar-refractivity contribution >= 4 is 28.8 Å². The maximum absolute atomic E-state index is 13.8. The molecule has 0 N–H and O–H groups in total. The number of hydrogen-bond donors (Lipinski definition) is 0. The number of carbonyl (C=O) groups is 3. The van der Waals surface area contributed by atoms with E-state index in [4.69, 9.17) is 9.15 Å². The van der Waals surface area contributed by atoms with E-state index >= 15 is 0 Å². The second-order valence-electron chi connectivity index (χ2n) is 10.7. The van der Waals surface area contributed by atoms with Gasteiger partial charge < -0.3 is 9.15 Å². The average molecular weight is 496 g/mol. The Labute approximate surface area is 212 Å². The summed E-state index contributed by atoms with van der Waals surface area (Å²) in [5, 5.41) is 0.732. The van der Waals surface area contributed by atoms with E-state index in [1.165, 1.54) is 17.0 Å². The van der Waals surface area contributed by atoms with Crippen LogP contribution in [0.25, 0.3) is 11.0 Å². The van der Waals surface area contributed by atoms with Gasteiger partial charge >= 0.3 is 11.6 Å². The molecule has 2 bridgehead atoms. The number of carbonyl (C=O) groups excluding carboxylic acids is 3. The van der Waals surface area contributed by atoms with E-state index in [0.29, 0.717) is 17.4 Å². The highest BCUT2D eigenvalue weighted by molar-refractivity contribution is 6.09. The summed E-state index contributed by atoms with van der Waals surface area (Å²) >= 11 is 0. The largest absolute Gasteiger partial charge is 0.425 e. The van der Waals surface area contributed by atoms with Crippen LogP contribution >= 0.6 is 0 Å². The van der Waals surface area contributed by atoms with Crippen LogP contribution in [0.1, 0.15) is 17.5 Å².